The van der Waals surface area contributed by atoms with Crippen molar-refractivity contribution in [3.05, 3.63) is 29.8 Å². The lowest BCUT2D eigenvalue weighted by Crippen LogP contribution is -2.41. The van der Waals surface area contributed by atoms with E-state index in [4.69, 9.17) is 15.2 Å². The van der Waals surface area contributed by atoms with Crippen molar-refractivity contribution in [3.8, 4) is 5.75 Å². The molecule has 0 unspecified atom stereocenters. The Morgan fingerprint density at radius 2 is 1.60 bits per heavy atom. The van der Waals surface area contributed by atoms with Crippen molar-refractivity contribution in [1.29, 1.82) is 0 Å². The van der Waals surface area contributed by atoms with Gasteiger partial charge in [0.15, 0.2) is 0 Å². The zero-order valence-electron chi connectivity index (χ0n) is 13.2. The fourth-order valence-electron chi connectivity index (χ4n) is 1.76. The second-order valence-electron chi connectivity index (χ2n) is 6.47. The van der Waals surface area contributed by atoms with Crippen molar-refractivity contribution in [2.24, 2.45) is 11.1 Å². The van der Waals surface area contributed by atoms with Crippen LogP contribution in [0.2, 0.25) is 0 Å². The molecule has 4 nitrogen and oxygen atoms in total. The molecule has 1 atom stereocenters. The lowest BCUT2D eigenvalue weighted by molar-refractivity contribution is -0.167. The molecule has 0 aliphatic rings. The van der Waals surface area contributed by atoms with Crippen molar-refractivity contribution in [1.82, 2.24) is 0 Å². The fraction of sp³-hybridized carbons (Fsp3) is 0.562. The van der Waals surface area contributed by atoms with Crippen LogP contribution in [0.25, 0.3) is 0 Å². The third-order valence-electron chi connectivity index (χ3n) is 3.18. The predicted octanol–water partition coefficient (Wildman–Crippen LogP) is 3.06. The number of esters is 1. The lowest BCUT2D eigenvalue weighted by atomic mass is 9.81. The Hall–Kier alpha value is -1.55. The molecule has 1 rings (SSSR count). The van der Waals surface area contributed by atoms with Gasteiger partial charge in [0.25, 0.3) is 0 Å². The van der Waals surface area contributed by atoms with Gasteiger partial charge in [-0.1, -0.05) is 12.1 Å². The standard InChI is InChI=1S/C16H25NO3/c1-15(2,3)20-14(18)16(4,5)13(17)11-7-9-12(19-6)10-8-11/h7-10,13H,17H2,1-6H3/t13-/m0/s1. The van der Waals surface area contributed by atoms with Crippen LogP contribution in [0.3, 0.4) is 0 Å². The molecular weight excluding hydrogens is 254 g/mol. The minimum absolute atomic E-state index is 0.298. The molecule has 4 heteroatoms. The number of carbonyl (C=O) groups excluding carboxylic acids is 1. The normalized spacial score (nSPS) is 13.8. The number of hydrogen-bond acceptors (Lipinski definition) is 4. The van der Waals surface area contributed by atoms with Gasteiger partial charge in [0.1, 0.15) is 11.4 Å². The van der Waals surface area contributed by atoms with Crippen LogP contribution in [-0.2, 0) is 9.53 Å². The fourth-order valence-corrected chi connectivity index (χ4v) is 1.76. The summed E-state index contributed by atoms with van der Waals surface area (Å²) in [5.74, 6) is 0.462. The molecule has 0 radical (unpaired) electrons. The Morgan fingerprint density at radius 3 is 2.00 bits per heavy atom. The van der Waals surface area contributed by atoms with Crippen molar-refractivity contribution in [2.75, 3.05) is 7.11 Å². The Bertz CT molecular complexity index is 458. The summed E-state index contributed by atoms with van der Waals surface area (Å²) in [5, 5.41) is 0. The van der Waals surface area contributed by atoms with Crippen LogP contribution >= 0.6 is 0 Å². The van der Waals surface area contributed by atoms with Crippen molar-refractivity contribution in [3.63, 3.8) is 0 Å². The SMILES string of the molecule is COc1ccc([C@H](N)C(C)(C)C(=O)OC(C)(C)C)cc1. The Balaban J connectivity index is 2.92. The van der Waals surface area contributed by atoms with Crippen LogP contribution in [0.1, 0.15) is 46.2 Å². The Kier molecular flexibility index (Phi) is 4.81. The molecule has 0 spiro atoms. The van der Waals surface area contributed by atoms with Gasteiger partial charge in [-0.05, 0) is 52.3 Å². The van der Waals surface area contributed by atoms with Crippen molar-refractivity contribution < 1.29 is 14.3 Å². The minimum atomic E-state index is -0.804. The average Bonchev–Trinajstić information content (AvgIpc) is 2.36. The first-order valence-electron chi connectivity index (χ1n) is 6.71. The molecule has 0 heterocycles. The van der Waals surface area contributed by atoms with E-state index in [0.717, 1.165) is 11.3 Å². The molecule has 0 amide bonds. The second-order valence-corrected chi connectivity index (χ2v) is 6.47. The number of methoxy groups -OCH3 is 1. The molecule has 0 fully saturated rings. The highest BCUT2D eigenvalue weighted by atomic mass is 16.6. The molecule has 0 aliphatic heterocycles. The van der Waals surface area contributed by atoms with Crippen molar-refractivity contribution in [2.45, 2.75) is 46.3 Å². The van der Waals surface area contributed by atoms with Crippen molar-refractivity contribution >= 4 is 5.97 Å². The van der Waals surface area contributed by atoms with Gasteiger partial charge in [-0.25, -0.2) is 0 Å². The van der Waals surface area contributed by atoms with E-state index in [0.29, 0.717) is 0 Å². The first kappa shape index (κ1) is 16.5. The zero-order chi connectivity index (χ0) is 15.6. The third kappa shape index (κ3) is 3.97. The largest absolute Gasteiger partial charge is 0.497 e. The molecule has 112 valence electrons. The summed E-state index contributed by atoms with van der Waals surface area (Å²) >= 11 is 0. The number of ether oxygens (including phenoxy) is 2. The molecule has 0 bridgehead atoms. The summed E-state index contributed by atoms with van der Waals surface area (Å²) in [4.78, 5) is 12.3. The molecule has 0 saturated carbocycles. The van der Waals surface area contributed by atoms with E-state index < -0.39 is 17.1 Å². The van der Waals surface area contributed by atoms with Crippen LogP contribution in [0.5, 0.6) is 5.75 Å². The van der Waals surface area contributed by atoms with Crippen LogP contribution < -0.4 is 10.5 Å². The molecule has 0 aliphatic carbocycles. The summed E-state index contributed by atoms with van der Waals surface area (Å²) < 4.78 is 10.6. The highest BCUT2D eigenvalue weighted by Crippen LogP contribution is 2.34. The maximum Gasteiger partial charge on any atom is 0.313 e. The summed E-state index contributed by atoms with van der Waals surface area (Å²) in [6.45, 7) is 9.14. The first-order valence-corrected chi connectivity index (χ1v) is 6.71. The molecule has 1 aromatic rings. The van der Waals surface area contributed by atoms with E-state index in [-0.39, 0.29) is 5.97 Å². The molecule has 1 aromatic carbocycles. The van der Waals surface area contributed by atoms with E-state index >= 15 is 0 Å². The van der Waals surface area contributed by atoms with Gasteiger partial charge in [-0.15, -0.1) is 0 Å². The molecule has 0 aromatic heterocycles. The van der Waals surface area contributed by atoms with Crippen LogP contribution in [0.15, 0.2) is 24.3 Å². The number of hydrogen-bond donors (Lipinski definition) is 1. The van der Waals surface area contributed by atoms with E-state index in [1.807, 2.05) is 45.0 Å². The molecular formula is C16H25NO3. The summed E-state index contributed by atoms with van der Waals surface area (Å²) in [6.07, 6.45) is 0. The highest BCUT2D eigenvalue weighted by molar-refractivity contribution is 5.77. The van der Waals surface area contributed by atoms with Gasteiger partial charge in [0.05, 0.1) is 12.5 Å². The van der Waals surface area contributed by atoms with E-state index in [1.165, 1.54) is 0 Å². The molecule has 2 N–H and O–H groups in total. The van der Waals surface area contributed by atoms with E-state index in [1.54, 1.807) is 21.0 Å². The first-order chi connectivity index (χ1) is 9.08. The average molecular weight is 279 g/mol. The topological polar surface area (TPSA) is 61.5 Å². The van der Waals surface area contributed by atoms with E-state index in [9.17, 15) is 4.79 Å². The smallest absolute Gasteiger partial charge is 0.313 e. The number of carbonyl (C=O) groups is 1. The van der Waals surface area contributed by atoms with Gasteiger partial charge >= 0.3 is 5.97 Å². The number of rotatable bonds is 4. The lowest BCUT2D eigenvalue weighted by Gasteiger charge is -2.33. The molecule has 20 heavy (non-hydrogen) atoms. The Morgan fingerprint density at radius 1 is 1.10 bits per heavy atom. The second kappa shape index (κ2) is 5.83. The zero-order valence-corrected chi connectivity index (χ0v) is 13.2. The number of benzene rings is 1. The van der Waals surface area contributed by atoms with Gasteiger partial charge in [-0.3, -0.25) is 4.79 Å². The monoisotopic (exact) mass is 279 g/mol. The molecule has 0 saturated heterocycles. The highest BCUT2D eigenvalue weighted by Gasteiger charge is 2.38. The maximum absolute atomic E-state index is 12.3. The summed E-state index contributed by atoms with van der Waals surface area (Å²) in [7, 11) is 1.61. The number of nitrogens with two attached hydrogens (primary N) is 1. The maximum atomic E-state index is 12.3. The Labute approximate surface area is 121 Å². The van der Waals surface area contributed by atoms with E-state index in [2.05, 4.69) is 0 Å². The summed E-state index contributed by atoms with van der Waals surface area (Å²) in [5.41, 5.74) is 5.80. The van der Waals surface area contributed by atoms with Crippen LogP contribution in [0.4, 0.5) is 0 Å². The predicted molar refractivity (Wildman–Crippen MR) is 79.5 cm³/mol. The van der Waals surface area contributed by atoms with Gasteiger partial charge < -0.3 is 15.2 Å². The van der Waals surface area contributed by atoms with Crippen LogP contribution in [0, 0.1) is 5.41 Å². The van der Waals surface area contributed by atoms with Crippen LogP contribution in [-0.4, -0.2) is 18.7 Å². The van der Waals surface area contributed by atoms with Gasteiger partial charge in [-0.2, -0.15) is 0 Å². The van der Waals surface area contributed by atoms with Gasteiger partial charge in [0.2, 0.25) is 0 Å². The van der Waals surface area contributed by atoms with Gasteiger partial charge in [0, 0.05) is 6.04 Å². The quantitative estimate of drug-likeness (QED) is 0.860. The third-order valence-corrected chi connectivity index (χ3v) is 3.18. The minimum Gasteiger partial charge on any atom is -0.497 e. The summed E-state index contributed by atoms with van der Waals surface area (Å²) in [6, 6.07) is 6.97.